The number of nitrogens with zero attached hydrogens (tertiary/aromatic N) is 2. The lowest BCUT2D eigenvalue weighted by molar-refractivity contribution is -0.116. The number of rotatable bonds is 4. The molecule has 0 spiro atoms. The first-order chi connectivity index (χ1) is 13.1. The number of carbonyl (C=O) groups is 1. The van der Waals surface area contributed by atoms with Gasteiger partial charge in [-0.3, -0.25) is 4.79 Å². The molecule has 1 aliphatic heterocycles. The van der Waals surface area contributed by atoms with Crippen LogP contribution in [0.3, 0.4) is 0 Å². The molecule has 2 aromatic carbocycles. The average molecular weight is 384 g/mol. The van der Waals surface area contributed by atoms with Crippen molar-refractivity contribution in [3.8, 4) is 17.2 Å². The van der Waals surface area contributed by atoms with Gasteiger partial charge in [0.2, 0.25) is 5.91 Å². The van der Waals surface area contributed by atoms with Crippen molar-refractivity contribution in [3.63, 3.8) is 0 Å². The van der Waals surface area contributed by atoms with E-state index in [0.29, 0.717) is 28.8 Å². The van der Waals surface area contributed by atoms with Crippen LogP contribution in [0.5, 0.6) is 11.5 Å². The normalized spacial score (nSPS) is 15.8. The van der Waals surface area contributed by atoms with Gasteiger partial charge in [0.15, 0.2) is 11.5 Å². The van der Waals surface area contributed by atoms with Gasteiger partial charge in [0, 0.05) is 22.9 Å². The van der Waals surface area contributed by atoms with E-state index in [9.17, 15) is 4.79 Å². The van der Waals surface area contributed by atoms with Gasteiger partial charge in [0.25, 0.3) is 0 Å². The smallest absolute Gasteiger partial charge is 0.226 e. The predicted octanol–water partition coefficient (Wildman–Crippen LogP) is 4.02. The molecule has 3 aromatic rings. The molecule has 6 nitrogen and oxygen atoms in total. The minimum absolute atomic E-state index is 0.0638. The van der Waals surface area contributed by atoms with E-state index < -0.39 is 0 Å². The van der Waals surface area contributed by atoms with E-state index in [4.69, 9.17) is 21.1 Å². The molecule has 1 N–H and O–H groups in total. The van der Waals surface area contributed by atoms with Crippen LogP contribution < -0.4 is 14.8 Å². The molecule has 0 fully saturated rings. The largest absolute Gasteiger partial charge is 0.493 e. The van der Waals surface area contributed by atoms with E-state index in [0.717, 1.165) is 16.8 Å². The molecule has 138 valence electrons. The van der Waals surface area contributed by atoms with Crippen LogP contribution in [-0.4, -0.2) is 29.9 Å². The van der Waals surface area contributed by atoms with Crippen LogP contribution in [0.25, 0.3) is 5.69 Å². The van der Waals surface area contributed by atoms with Gasteiger partial charge in [-0.05, 0) is 35.9 Å². The first kappa shape index (κ1) is 17.4. The maximum absolute atomic E-state index is 12.4. The molecule has 0 saturated heterocycles. The van der Waals surface area contributed by atoms with Crippen LogP contribution in [0.2, 0.25) is 5.02 Å². The molecule has 0 saturated carbocycles. The Balaban J connectivity index is 1.80. The molecular formula is C20H18ClN3O3. The van der Waals surface area contributed by atoms with Crippen LogP contribution in [-0.2, 0) is 4.79 Å². The van der Waals surface area contributed by atoms with Crippen LogP contribution in [0.1, 0.15) is 23.5 Å². The zero-order chi connectivity index (χ0) is 19.0. The van der Waals surface area contributed by atoms with Crippen LogP contribution in [0.4, 0.5) is 5.82 Å². The summed E-state index contributed by atoms with van der Waals surface area (Å²) in [5, 5.41) is 8.03. The Morgan fingerprint density at radius 1 is 1.15 bits per heavy atom. The molecule has 1 amide bonds. The standard InChI is InChI=1S/C20H18ClN3O3/c1-26-17-7-6-12(8-18(17)27-2)15-10-19(25)23-20-16(15)11-22-24(20)14-5-3-4-13(21)9-14/h3-9,11,15H,10H2,1-2H3,(H,23,25). The first-order valence-corrected chi connectivity index (χ1v) is 8.84. The number of hydrogen-bond donors (Lipinski definition) is 1. The summed E-state index contributed by atoms with van der Waals surface area (Å²) in [6.45, 7) is 0. The first-order valence-electron chi connectivity index (χ1n) is 8.46. The predicted molar refractivity (Wildman–Crippen MR) is 103 cm³/mol. The van der Waals surface area contributed by atoms with E-state index in [1.165, 1.54) is 0 Å². The molecule has 4 rings (SSSR count). The van der Waals surface area contributed by atoms with E-state index >= 15 is 0 Å². The maximum atomic E-state index is 12.4. The molecule has 0 bridgehead atoms. The fourth-order valence-electron chi connectivity index (χ4n) is 3.39. The Labute approximate surface area is 161 Å². The van der Waals surface area contributed by atoms with Crippen LogP contribution in [0, 0.1) is 0 Å². The number of hydrogen-bond acceptors (Lipinski definition) is 4. The van der Waals surface area contributed by atoms with Crippen LogP contribution >= 0.6 is 11.6 Å². The number of ether oxygens (including phenoxy) is 2. The highest BCUT2D eigenvalue weighted by atomic mass is 35.5. The number of benzene rings is 2. The van der Waals surface area contributed by atoms with Gasteiger partial charge in [-0.1, -0.05) is 23.7 Å². The van der Waals surface area contributed by atoms with Crippen molar-refractivity contribution in [1.29, 1.82) is 0 Å². The lowest BCUT2D eigenvalue weighted by atomic mass is 9.87. The zero-order valence-electron chi connectivity index (χ0n) is 14.9. The highest BCUT2D eigenvalue weighted by Gasteiger charge is 2.31. The summed E-state index contributed by atoms with van der Waals surface area (Å²) in [7, 11) is 3.19. The second-order valence-corrected chi connectivity index (χ2v) is 6.70. The number of halogens is 1. The Morgan fingerprint density at radius 3 is 2.70 bits per heavy atom. The molecule has 1 aromatic heterocycles. The van der Waals surface area contributed by atoms with Crippen molar-refractivity contribution in [2.75, 3.05) is 19.5 Å². The Hall–Kier alpha value is -2.99. The van der Waals surface area contributed by atoms with Crippen molar-refractivity contribution < 1.29 is 14.3 Å². The molecule has 1 atom stereocenters. The fourth-order valence-corrected chi connectivity index (χ4v) is 3.57. The summed E-state index contributed by atoms with van der Waals surface area (Å²) >= 11 is 6.11. The number of fused-ring (bicyclic) bond motifs is 1. The topological polar surface area (TPSA) is 65.4 Å². The second kappa shape index (κ2) is 6.96. The van der Waals surface area contributed by atoms with Crippen molar-refractivity contribution in [2.45, 2.75) is 12.3 Å². The van der Waals surface area contributed by atoms with Gasteiger partial charge in [-0.15, -0.1) is 0 Å². The average Bonchev–Trinajstić information content (AvgIpc) is 3.10. The molecular weight excluding hydrogens is 366 g/mol. The number of aromatic nitrogens is 2. The SMILES string of the molecule is COc1ccc(C2CC(=O)Nc3c2cnn3-c2cccc(Cl)c2)cc1OC. The third-order valence-corrected chi connectivity index (χ3v) is 4.92. The summed E-state index contributed by atoms with van der Waals surface area (Å²) in [6.07, 6.45) is 2.13. The zero-order valence-corrected chi connectivity index (χ0v) is 15.7. The molecule has 1 aliphatic rings. The van der Waals surface area contributed by atoms with E-state index in [-0.39, 0.29) is 11.8 Å². The molecule has 2 heterocycles. The van der Waals surface area contributed by atoms with Gasteiger partial charge in [0.05, 0.1) is 26.1 Å². The van der Waals surface area contributed by atoms with E-state index in [1.807, 2.05) is 30.3 Å². The van der Waals surface area contributed by atoms with Crippen LogP contribution in [0.15, 0.2) is 48.7 Å². The number of nitrogens with one attached hydrogen (secondary N) is 1. The van der Waals surface area contributed by atoms with E-state index in [2.05, 4.69) is 10.4 Å². The molecule has 0 aliphatic carbocycles. The molecule has 7 heteroatoms. The highest BCUT2D eigenvalue weighted by molar-refractivity contribution is 6.30. The lowest BCUT2D eigenvalue weighted by Crippen LogP contribution is -2.24. The minimum atomic E-state index is -0.124. The minimum Gasteiger partial charge on any atom is -0.493 e. The second-order valence-electron chi connectivity index (χ2n) is 6.26. The van der Waals surface area contributed by atoms with Crippen molar-refractivity contribution in [1.82, 2.24) is 9.78 Å². The summed E-state index contributed by atoms with van der Waals surface area (Å²) in [5.41, 5.74) is 2.70. The summed E-state index contributed by atoms with van der Waals surface area (Å²) in [6, 6.07) is 13.1. The highest BCUT2D eigenvalue weighted by Crippen LogP contribution is 2.40. The van der Waals surface area contributed by atoms with Gasteiger partial charge < -0.3 is 14.8 Å². The monoisotopic (exact) mass is 383 g/mol. The third-order valence-electron chi connectivity index (χ3n) is 4.68. The molecule has 27 heavy (non-hydrogen) atoms. The van der Waals surface area contributed by atoms with Gasteiger partial charge in [-0.2, -0.15) is 5.10 Å². The Bertz CT molecular complexity index is 1020. The Morgan fingerprint density at radius 2 is 1.96 bits per heavy atom. The molecule has 1 unspecified atom stereocenters. The number of methoxy groups -OCH3 is 2. The number of carbonyl (C=O) groups excluding carboxylic acids is 1. The van der Waals surface area contributed by atoms with Gasteiger partial charge >= 0.3 is 0 Å². The number of amides is 1. The van der Waals surface area contributed by atoms with Crippen molar-refractivity contribution in [3.05, 3.63) is 64.8 Å². The van der Waals surface area contributed by atoms with E-state index in [1.54, 1.807) is 37.2 Å². The third kappa shape index (κ3) is 3.13. The fraction of sp³-hybridized carbons (Fsp3) is 0.200. The summed E-state index contributed by atoms with van der Waals surface area (Å²) in [4.78, 5) is 12.4. The lowest BCUT2D eigenvalue weighted by Gasteiger charge is -2.24. The Kier molecular flexibility index (Phi) is 4.49. The summed E-state index contributed by atoms with van der Waals surface area (Å²) < 4.78 is 12.4. The van der Waals surface area contributed by atoms with Crippen molar-refractivity contribution >= 4 is 23.3 Å². The van der Waals surface area contributed by atoms with Crippen molar-refractivity contribution in [2.24, 2.45) is 0 Å². The quantitative estimate of drug-likeness (QED) is 0.739. The van der Waals surface area contributed by atoms with Gasteiger partial charge in [0.1, 0.15) is 5.82 Å². The van der Waals surface area contributed by atoms with Gasteiger partial charge in [-0.25, -0.2) is 4.68 Å². The number of anilines is 1. The summed E-state index contributed by atoms with van der Waals surface area (Å²) in [5.74, 6) is 1.75. The molecule has 0 radical (unpaired) electrons. The maximum Gasteiger partial charge on any atom is 0.226 e.